The maximum absolute atomic E-state index is 12.3. The van der Waals surface area contributed by atoms with E-state index in [1.54, 1.807) is 4.90 Å². The quantitative estimate of drug-likeness (QED) is 0.629. The van der Waals surface area contributed by atoms with Gasteiger partial charge in [0.25, 0.3) is 0 Å². The summed E-state index contributed by atoms with van der Waals surface area (Å²) in [5.41, 5.74) is 5.32. The molecule has 2 aliphatic heterocycles. The zero-order chi connectivity index (χ0) is 12.4. The van der Waals surface area contributed by atoms with Crippen LogP contribution in [0.25, 0.3) is 0 Å². The summed E-state index contributed by atoms with van der Waals surface area (Å²) < 4.78 is 5.39. The molecule has 0 spiro atoms. The maximum Gasteiger partial charge on any atom is 0.241 e. The third-order valence-electron chi connectivity index (χ3n) is 3.55. The number of primary amides is 1. The Hall–Kier alpha value is -1.14. The highest BCUT2D eigenvalue weighted by Crippen LogP contribution is 2.24. The van der Waals surface area contributed by atoms with Crippen molar-refractivity contribution in [2.45, 2.75) is 25.5 Å². The van der Waals surface area contributed by atoms with E-state index < -0.39 is 11.9 Å². The number of nitrogens with zero attached hydrogens (tertiary/aromatic N) is 1. The Morgan fingerprint density at radius 1 is 1.47 bits per heavy atom. The molecule has 0 aromatic rings. The Labute approximate surface area is 100 Å². The smallest absolute Gasteiger partial charge is 0.241 e. The molecule has 0 aromatic carbocycles. The van der Waals surface area contributed by atoms with E-state index in [4.69, 9.17) is 10.5 Å². The molecule has 2 aliphatic rings. The van der Waals surface area contributed by atoms with E-state index in [2.05, 4.69) is 5.32 Å². The van der Waals surface area contributed by atoms with Gasteiger partial charge in [-0.1, -0.05) is 0 Å². The van der Waals surface area contributed by atoms with Gasteiger partial charge in [-0.15, -0.1) is 0 Å². The van der Waals surface area contributed by atoms with E-state index in [1.807, 2.05) is 6.92 Å². The molecule has 3 unspecified atom stereocenters. The first-order chi connectivity index (χ1) is 8.11. The molecule has 0 bridgehead atoms. The van der Waals surface area contributed by atoms with Gasteiger partial charge in [-0.25, -0.2) is 0 Å². The third-order valence-corrected chi connectivity index (χ3v) is 3.55. The van der Waals surface area contributed by atoms with E-state index >= 15 is 0 Å². The summed E-state index contributed by atoms with van der Waals surface area (Å²) in [4.78, 5) is 25.3. The number of hydrogen-bond acceptors (Lipinski definition) is 4. The standard InChI is InChI=1S/C11H19N3O3/c1-7-8(2-5-17-7)11(16)14-4-3-13-6-9(14)10(12)15/h7-9,13H,2-6H2,1H3,(H2,12,15). The molecule has 2 heterocycles. The average Bonchev–Trinajstić information content (AvgIpc) is 2.74. The average molecular weight is 241 g/mol. The van der Waals surface area contributed by atoms with E-state index in [1.165, 1.54) is 0 Å². The van der Waals surface area contributed by atoms with Crippen molar-refractivity contribution < 1.29 is 14.3 Å². The number of carbonyl (C=O) groups excluding carboxylic acids is 2. The van der Waals surface area contributed by atoms with Crippen LogP contribution in [0.1, 0.15) is 13.3 Å². The van der Waals surface area contributed by atoms with Gasteiger partial charge in [-0.3, -0.25) is 9.59 Å². The van der Waals surface area contributed by atoms with Gasteiger partial charge < -0.3 is 20.7 Å². The summed E-state index contributed by atoms with van der Waals surface area (Å²) in [6, 6.07) is -0.524. The van der Waals surface area contributed by atoms with Crippen LogP contribution >= 0.6 is 0 Å². The van der Waals surface area contributed by atoms with Crippen LogP contribution in [0, 0.1) is 5.92 Å². The molecule has 2 amide bonds. The summed E-state index contributed by atoms with van der Waals surface area (Å²) in [6.45, 7) is 4.21. The molecule has 0 saturated carbocycles. The Balaban J connectivity index is 2.08. The predicted molar refractivity (Wildman–Crippen MR) is 61.1 cm³/mol. The molecular formula is C11H19N3O3. The van der Waals surface area contributed by atoms with Gasteiger partial charge >= 0.3 is 0 Å². The lowest BCUT2D eigenvalue weighted by molar-refractivity contribution is -0.144. The number of piperazine rings is 1. The van der Waals surface area contributed by atoms with Crippen molar-refractivity contribution in [1.82, 2.24) is 10.2 Å². The van der Waals surface area contributed by atoms with Gasteiger partial charge in [0.05, 0.1) is 12.0 Å². The number of amides is 2. The monoisotopic (exact) mass is 241 g/mol. The van der Waals surface area contributed by atoms with Crippen LogP contribution in [-0.4, -0.2) is 55.1 Å². The van der Waals surface area contributed by atoms with Crippen LogP contribution in [0.5, 0.6) is 0 Å². The number of nitrogens with two attached hydrogens (primary N) is 1. The fraction of sp³-hybridized carbons (Fsp3) is 0.818. The minimum Gasteiger partial charge on any atom is -0.378 e. The SMILES string of the molecule is CC1OCCC1C(=O)N1CCNCC1C(N)=O. The first-order valence-corrected chi connectivity index (χ1v) is 6.03. The van der Waals surface area contributed by atoms with Crippen LogP contribution in [-0.2, 0) is 14.3 Å². The van der Waals surface area contributed by atoms with Crippen LogP contribution in [0.3, 0.4) is 0 Å². The summed E-state index contributed by atoms with van der Waals surface area (Å²) in [5.74, 6) is -0.577. The predicted octanol–water partition coefficient (Wildman–Crippen LogP) is -1.30. The molecule has 2 rings (SSSR count). The van der Waals surface area contributed by atoms with Crippen molar-refractivity contribution in [2.24, 2.45) is 11.7 Å². The number of rotatable bonds is 2. The summed E-state index contributed by atoms with van der Waals surface area (Å²) in [7, 11) is 0. The number of hydrogen-bond donors (Lipinski definition) is 2. The van der Waals surface area contributed by atoms with E-state index in [-0.39, 0.29) is 17.9 Å². The molecule has 0 aromatic heterocycles. The van der Waals surface area contributed by atoms with E-state index in [0.717, 1.165) is 6.42 Å². The van der Waals surface area contributed by atoms with Crippen molar-refractivity contribution in [2.75, 3.05) is 26.2 Å². The Morgan fingerprint density at radius 2 is 2.24 bits per heavy atom. The second kappa shape index (κ2) is 5.01. The zero-order valence-electron chi connectivity index (χ0n) is 10.0. The highest BCUT2D eigenvalue weighted by Gasteiger charge is 2.38. The first kappa shape index (κ1) is 12.3. The second-order valence-corrected chi connectivity index (χ2v) is 4.63. The molecule has 96 valence electrons. The van der Waals surface area contributed by atoms with E-state index in [9.17, 15) is 9.59 Å². The highest BCUT2D eigenvalue weighted by atomic mass is 16.5. The van der Waals surface area contributed by atoms with Gasteiger partial charge in [-0.05, 0) is 13.3 Å². The zero-order valence-corrected chi connectivity index (χ0v) is 10.0. The molecule has 17 heavy (non-hydrogen) atoms. The third kappa shape index (κ3) is 2.42. The number of ether oxygens (including phenoxy) is 1. The molecular weight excluding hydrogens is 222 g/mol. The lowest BCUT2D eigenvalue weighted by Gasteiger charge is -2.36. The van der Waals surface area contributed by atoms with Crippen LogP contribution in [0.4, 0.5) is 0 Å². The molecule has 0 aliphatic carbocycles. The van der Waals surface area contributed by atoms with Crippen LogP contribution in [0.2, 0.25) is 0 Å². The molecule has 2 saturated heterocycles. The minimum atomic E-state index is -0.524. The highest BCUT2D eigenvalue weighted by molar-refractivity contribution is 5.88. The van der Waals surface area contributed by atoms with Gasteiger partial charge in [0.15, 0.2) is 0 Å². The van der Waals surface area contributed by atoms with Gasteiger partial charge in [0, 0.05) is 26.2 Å². The largest absolute Gasteiger partial charge is 0.378 e. The number of carbonyl (C=O) groups is 2. The van der Waals surface area contributed by atoms with Crippen molar-refractivity contribution in [3.8, 4) is 0 Å². The molecule has 0 radical (unpaired) electrons. The molecule has 2 fully saturated rings. The summed E-state index contributed by atoms with van der Waals surface area (Å²) in [6.07, 6.45) is 0.668. The van der Waals surface area contributed by atoms with Crippen molar-refractivity contribution in [1.29, 1.82) is 0 Å². The van der Waals surface area contributed by atoms with Crippen molar-refractivity contribution >= 4 is 11.8 Å². The first-order valence-electron chi connectivity index (χ1n) is 6.03. The maximum atomic E-state index is 12.3. The van der Waals surface area contributed by atoms with Gasteiger partial charge in [0.1, 0.15) is 6.04 Å². The summed E-state index contributed by atoms with van der Waals surface area (Å²) in [5, 5.41) is 3.08. The Morgan fingerprint density at radius 3 is 2.82 bits per heavy atom. The van der Waals surface area contributed by atoms with Crippen molar-refractivity contribution in [3.05, 3.63) is 0 Å². The second-order valence-electron chi connectivity index (χ2n) is 4.63. The molecule has 3 atom stereocenters. The fourth-order valence-corrected chi connectivity index (χ4v) is 2.49. The summed E-state index contributed by atoms with van der Waals surface area (Å²) >= 11 is 0. The van der Waals surface area contributed by atoms with Crippen LogP contribution < -0.4 is 11.1 Å². The van der Waals surface area contributed by atoms with E-state index in [0.29, 0.717) is 26.2 Å². The lowest BCUT2D eigenvalue weighted by atomic mass is 9.99. The molecule has 6 heteroatoms. The lowest BCUT2D eigenvalue weighted by Crippen LogP contribution is -2.60. The topological polar surface area (TPSA) is 84.7 Å². The van der Waals surface area contributed by atoms with Crippen molar-refractivity contribution in [3.63, 3.8) is 0 Å². The molecule has 6 nitrogen and oxygen atoms in total. The fourth-order valence-electron chi connectivity index (χ4n) is 2.49. The molecule has 3 N–H and O–H groups in total. The van der Waals surface area contributed by atoms with Crippen LogP contribution in [0.15, 0.2) is 0 Å². The number of nitrogens with one attached hydrogen (secondary N) is 1. The minimum absolute atomic E-state index is 0.000278. The normalized spacial score (nSPS) is 33.7. The Bertz CT molecular complexity index is 321. The van der Waals surface area contributed by atoms with Gasteiger partial charge in [0.2, 0.25) is 11.8 Å². The Kier molecular flexibility index (Phi) is 3.63. The van der Waals surface area contributed by atoms with Gasteiger partial charge in [-0.2, -0.15) is 0 Å².